The van der Waals surface area contributed by atoms with Gasteiger partial charge >= 0.3 is 0 Å². The van der Waals surface area contributed by atoms with Gasteiger partial charge in [-0.1, -0.05) is 13.0 Å². The van der Waals surface area contributed by atoms with Crippen LogP contribution in [0.2, 0.25) is 0 Å². The first kappa shape index (κ1) is 21.1. The van der Waals surface area contributed by atoms with E-state index in [0.717, 1.165) is 52.3 Å². The second kappa shape index (κ2) is 7.79. The van der Waals surface area contributed by atoms with Gasteiger partial charge < -0.3 is 9.47 Å². The van der Waals surface area contributed by atoms with E-state index in [9.17, 15) is 4.79 Å². The monoisotopic (exact) mass is 457 g/mol. The highest BCUT2D eigenvalue weighted by atomic mass is 19.1. The van der Waals surface area contributed by atoms with Gasteiger partial charge in [0.15, 0.2) is 0 Å². The Morgan fingerprint density at radius 1 is 1.18 bits per heavy atom. The van der Waals surface area contributed by atoms with Crippen LogP contribution in [0.1, 0.15) is 52.8 Å². The van der Waals surface area contributed by atoms with Crippen molar-refractivity contribution in [2.45, 2.75) is 52.7 Å². The van der Waals surface area contributed by atoms with Crippen molar-refractivity contribution in [1.29, 1.82) is 0 Å². The number of amides is 1. The van der Waals surface area contributed by atoms with Crippen LogP contribution < -0.4 is 0 Å². The van der Waals surface area contributed by atoms with Gasteiger partial charge in [0.05, 0.1) is 24.0 Å². The molecule has 4 aromatic rings. The van der Waals surface area contributed by atoms with E-state index in [0.29, 0.717) is 30.0 Å². The third-order valence-corrected chi connectivity index (χ3v) is 7.20. The zero-order valence-electron chi connectivity index (χ0n) is 19.8. The number of hydrogen-bond acceptors (Lipinski definition) is 3. The highest BCUT2D eigenvalue weighted by Crippen LogP contribution is 2.38. The molecule has 0 atom stereocenters. The lowest BCUT2D eigenvalue weighted by Crippen LogP contribution is -2.26. The van der Waals surface area contributed by atoms with Gasteiger partial charge in [0.25, 0.3) is 5.91 Å². The predicted octanol–water partition coefficient (Wildman–Crippen LogP) is 5.01. The maximum Gasteiger partial charge on any atom is 0.254 e. The molecule has 174 valence electrons. The summed E-state index contributed by atoms with van der Waals surface area (Å²) in [5, 5.41) is 4.79. The van der Waals surface area contributed by atoms with Crippen LogP contribution in [0.5, 0.6) is 0 Å². The fraction of sp³-hybridized carbons (Fsp3) is 0.370. The van der Waals surface area contributed by atoms with E-state index in [1.807, 2.05) is 46.4 Å². The van der Waals surface area contributed by atoms with Crippen molar-refractivity contribution >= 4 is 16.8 Å². The van der Waals surface area contributed by atoms with Crippen molar-refractivity contribution in [2.24, 2.45) is 13.0 Å². The molecule has 7 heteroatoms. The smallest absolute Gasteiger partial charge is 0.254 e. The molecule has 2 aliphatic rings. The summed E-state index contributed by atoms with van der Waals surface area (Å²) >= 11 is 0. The van der Waals surface area contributed by atoms with Gasteiger partial charge in [0.1, 0.15) is 5.82 Å². The van der Waals surface area contributed by atoms with Crippen LogP contribution in [-0.2, 0) is 33.1 Å². The van der Waals surface area contributed by atoms with Crippen LogP contribution in [0.4, 0.5) is 4.39 Å². The molecule has 0 spiro atoms. The van der Waals surface area contributed by atoms with Crippen LogP contribution in [0.25, 0.3) is 22.0 Å². The van der Waals surface area contributed by atoms with Crippen LogP contribution in [0, 0.1) is 18.7 Å². The van der Waals surface area contributed by atoms with E-state index in [1.54, 1.807) is 12.3 Å². The third kappa shape index (κ3) is 3.42. The van der Waals surface area contributed by atoms with Gasteiger partial charge in [-0.05, 0) is 50.3 Å². The molecule has 1 aliphatic carbocycles. The van der Waals surface area contributed by atoms with Gasteiger partial charge in [0.2, 0.25) is 0 Å². The highest BCUT2D eigenvalue weighted by Gasteiger charge is 2.29. The molecular formula is C27H28FN5O. The van der Waals surface area contributed by atoms with Crippen molar-refractivity contribution in [2.75, 3.05) is 0 Å². The van der Waals surface area contributed by atoms with Gasteiger partial charge in [-0.25, -0.2) is 4.39 Å². The Bertz CT molecular complexity index is 1450. The molecule has 4 heterocycles. The minimum Gasteiger partial charge on any atom is -0.344 e. The van der Waals surface area contributed by atoms with Crippen LogP contribution >= 0.6 is 0 Å². The average molecular weight is 458 g/mol. The Morgan fingerprint density at radius 2 is 2.00 bits per heavy atom. The fourth-order valence-corrected chi connectivity index (χ4v) is 5.19. The van der Waals surface area contributed by atoms with Crippen molar-refractivity contribution in [3.8, 4) is 11.1 Å². The fourth-order valence-electron chi connectivity index (χ4n) is 5.19. The number of fused-ring (bicyclic) bond motifs is 2. The van der Waals surface area contributed by atoms with Gasteiger partial charge in [-0.15, -0.1) is 0 Å². The molecule has 1 fully saturated rings. The Hall–Kier alpha value is -3.48. The summed E-state index contributed by atoms with van der Waals surface area (Å²) in [6, 6.07) is 7.73. The predicted molar refractivity (Wildman–Crippen MR) is 129 cm³/mol. The summed E-state index contributed by atoms with van der Waals surface area (Å²) in [4.78, 5) is 20.2. The summed E-state index contributed by atoms with van der Waals surface area (Å²) < 4.78 is 19.1. The summed E-state index contributed by atoms with van der Waals surface area (Å²) in [5.41, 5.74) is 7.24. The molecule has 6 rings (SSSR count). The Morgan fingerprint density at radius 3 is 2.74 bits per heavy atom. The number of aromatic nitrogens is 4. The van der Waals surface area contributed by atoms with Gasteiger partial charge in [-0.2, -0.15) is 5.10 Å². The summed E-state index contributed by atoms with van der Waals surface area (Å²) in [6.45, 7) is 5.89. The molecule has 0 radical (unpaired) electrons. The van der Waals surface area contributed by atoms with Crippen molar-refractivity contribution in [3.63, 3.8) is 0 Å². The number of aryl methyl sites for hydroxylation is 3. The summed E-state index contributed by atoms with van der Waals surface area (Å²) in [6.07, 6.45) is 6.55. The Labute approximate surface area is 198 Å². The second-order valence-electron chi connectivity index (χ2n) is 9.69. The number of halogens is 1. The minimum atomic E-state index is -0.279. The molecule has 1 saturated carbocycles. The van der Waals surface area contributed by atoms with E-state index in [2.05, 4.69) is 18.1 Å². The van der Waals surface area contributed by atoms with Crippen molar-refractivity contribution in [3.05, 3.63) is 70.7 Å². The topological polar surface area (TPSA) is 56.0 Å². The lowest BCUT2D eigenvalue weighted by molar-refractivity contribution is 0.0748. The first-order valence-corrected chi connectivity index (χ1v) is 12.0. The number of pyridine rings is 1. The molecule has 0 N–H and O–H groups in total. The van der Waals surface area contributed by atoms with Crippen molar-refractivity contribution in [1.82, 2.24) is 24.2 Å². The second-order valence-corrected chi connectivity index (χ2v) is 9.69. The standard InChI is InChI=1S/C27H28FN5O/c1-4-24-20(8-5-16(2)30-24)21-9-18(27(34)33-13-19-11-29-31(3)25(19)15-33)10-22-23(28)14-32(26(21)22)12-17-6-7-17/h5,8-11,14,17H,4,6-7,12-13,15H2,1-3H3. The van der Waals surface area contributed by atoms with Crippen LogP contribution in [0.15, 0.2) is 36.7 Å². The van der Waals surface area contributed by atoms with E-state index < -0.39 is 0 Å². The lowest BCUT2D eigenvalue weighted by Gasteiger charge is -2.18. The molecule has 3 aromatic heterocycles. The molecule has 1 amide bonds. The molecule has 0 unspecified atom stereocenters. The van der Waals surface area contributed by atoms with E-state index in [-0.39, 0.29) is 11.7 Å². The zero-order chi connectivity index (χ0) is 23.6. The van der Waals surface area contributed by atoms with Gasteiger partial charge in [-0.3, -0.25) is 14.5 Å². The number of benzene rings is 1. The minimum absolute atomic E-state index is 0.0909. The maximum absolute atomic E-state index is 15.3. The summed E-state index contributed by atoms with van der Waals surface area (Å²) in [7, 11) is 1.89. The van der Waals surface area contributed by atoms with E-state index in [1.165, 1.54) is 12.8 Å². The maximum atomic E-state index is 15.3. The number of carbonyl (C=O) groups excluding carboxylic acids is 1. The normalized spacial score (nSPS) is 15.4. The Kier molecular flexibility index (Phi) is 4.83. The molecule has 0 saturated heterocycles. The van der Waals surface area contributed by atoms with Crippen LogP contribution in [-0.4, -0.2) is 30.1 Å². The zero-order valence-corrected chi connectivity index (χ0v) is 19.8. The molecular weight excluding hydrogens is 429 g/mol. The van der Waals surface area contributed by atoms with Gasteiger partial charge in [0, 0.05) is 65.4 Å². The van der Waals surface area contributed by atoms with Crippen LogP contribution in [0.3, 0.4) is 0 Å². The summed E-state index contributed by atoms with van der Waals surface area (Å²) in [5.74, 6) is 0.230. The SMILES string of the molecule is CCc1nc(C)ccc1-c1cc(C(=O)N2Cc3cnn(C)c3C2)cc2c(F)cn(CC3CC3)c12. The highest BCUT2D eigenvalue weighted by molar-refractivity contribution is 6.04. The van der Waals surface area contributed by atoms with E-state index in [4.69, 9.17) is 4.98 Å². The molecule has 34 heavy (non-hydrogen) atoms. The molecule has 1 aliphatic heterocycles. The number of rotatable bonds is 5. The molecule has 1 aromatic carbocycles. The van der Waals surface area contributed by atoms with E-state index >= 15 is 4.39 Å². The third-order valence-electron chi connectivity index (χ3n) is 7.20. The Balaban J connectivity index is 1.50. The molecule has 6 nitrogen and oxygen atoms in total. The number of hydrogen-bond donors (Lipinski definition) is 0. The average Bonchev–Trinajstić information content (AvgIpc) is 3.31. The van der Waals surface area contributed by atoms with Crippen molar-refractivity contribution < 1.29 is 9.18 Å². The number of carbonyl (C=O) groups is 1. The quantitative estimate of drug-likeness (QED) is 0.423. The number of nitrogens with zero attached hydrogens (tertiary/aromatic N) is 5. The first-order chi connectivity index (χ1) is 16.4. The first-order valence-electron chi connectivity index (χ1n) is 12.0. The largest absolute Gasteiger partial charge is 0.344 e. The molecule has 0 bridgehead atoms. The lowest BCUT2D eigenvalue weighted by atomic mass is 9.96.